The number of amides is 1. The fourth-order valence-corrected chi connectivity index (χ4v) is 2.97. The summed E-state index contributed by atoms with van der Waals surface area (Å²) in [5.41, 5.74) is -0.258. The molecular weight excluding hydrogens is 280 g/mol. The maximum Gasteiger partial charge on any atom is 0.344 e. The number of nitrogens with one attached hydrogen (secondary N) is 2. The van der Waals surface area contributed by atoms with Gasteiger partial charge in [0.15, 0.2) is 5.16 Å². The Labute approximate surface area is 121 Å². The molecule has 0 unspecified atom stereocenters. The normalized spacial score (nSPS) is 20.0. The Hall–Kier alpha value is -1.28. The lowest BCUT2D eigenvalue weighted by Crippen LogP contribution is -2.31. The minimum atomic E-state index is -0.298. The summed E-state index contributed by atoms with van der Waals surface area (Å²) in [7, 11) is 0. The summed E-state index contributed by atoms with van der Waals surface area (Å²) in [5.74, 6) is -0.0587. The first-order chi connectivity index (χ1) is 9.61. The number of carbonyl (C=O) groups excluding carboxylic acids is 1. The van der Waals surface area contributed by atoms with Crippen molar-refractivity contribution in [3.63, 3.8) is 0 Å². The van der Waals surface area contributed by atoms with E-state index in [0.29, 0.717) is 18.2 Å². The number of aromatic amines is 1. The number of ether oxygens (including phenoxy) is 1. The largest absolute Gasteiger partial charge is 0.376 e. The second-order valence-electron chi connectivity index (χ2n) is 4.71. The number of aromatic nitrogens is 3. The molecule has 8 heteroatoms. The van der Waals surface area contributed by atoms with E-state index in [9.17, 15) is 9.59 Å². The predicted molar refractivity (Wildman–Crippen MR) is 75.8 cm³/mol. The van der Waals surface area contributed by atoms with E-state index in [1.807, 2.05) is 6.92 Å². The summed E-state index contributed by atoms with van der Waals surface area (Å²) < 4.78 is 7.09. The van der Waals surface area contributed by atoms with Gasteiger partial charge in [-0.25, -0.2) is 9.89 Å². The molecular formula is C12H20N4O3S. The molecule has 0 radical (unpaired) electrons. The fraction of sp³-hybridized carbons (Fsp3) is 0.750. The van der Waals surface area contributed by atoms with Crippen LogP contribution in [0.15, 0.2) is 9.95 Å². The standard InChI is InChI=1S/C12H20N4O3S/c1-3-13-10(17)8(2)20-12-15-14-11(18)16(12)7-9-5-4-6-19-9/h8-9H,3-7H2,1-2H3,(H,13,17)(H,14,18)/t8-,9-/m0/s1. The molecule has 2 N–H and O–H groups in total. The smallest absolute Gasteiger partial charge is 0.344 e. The van der Waals surface area contributed by atoms with E-state index in [4.69, 9.17) is 4.74 Å². The van der Waals surface area contributed by atoms with Crippen LogP contribution >= 0.6 is 11.8 Å². The minimum Gasteiger partial charge on any atom is -0.376 e. The van der Waals surface area contributed by atoms with Crippen molar-refractivity contribution in [1.82, 2.24) is 20.1 Å². The number of hydrogen-bond acceptors (Lipinski definition) is 5. The third-order valence-corrected chi connectivity index (χ3v) is 4.23. The van der Waals surface area contributed by atoms with Crippen LogP contribution < -0.4 is 11.0 Å². The maximum atomic E-state index is 11.8. The number of nitrogens with zero attached hydrogens (tertiary/aromatic N) is 2. The zero-order valence-corrected chi connectivity index (χ0v) is 12.5. The molecule has 1 aromatic heterocycles. The Kier molecular flexibility index (Phi) is 5.24. The lowest BCUT2D eigenvalue weighted by molar-refractivity contribution is -0.120. The van der Waals surface area contributed by atoms with Crippen molar-refractivity contribution in [2.75, 3.05) is 13.2 Å². The molecule has 0 saturated carbocycles. The second-order valence-corrected chi connectivity index (χ2v) is 6.02. The number of rotatable bonds is 6. The first-order valence-electron chi connectivity index (χ1n) is 6.83. The van der Waals surface area contributed by atoms with E-state index in [0.717, 1.165) is 19.4 Å². The second kappa shape index (κ2) is 6.94. The first kappa shape index (κ1) is 15.1. The van der Waals surface area contributed by atoms with Gasteiger partial charge in [-0.15, -0.1) is 5.10 Å². The molecule has 2 rings (SSSR count). The van der Waals surface area contributed by atoms with Gasteiger partial charge in [-0.05, 0) is 26.7 Å². The van der Waals surface area contributed by atoms with E-state index in [2.05, 4.69) is 15.5 Å². The van der Waals surface area contributed by atoms with Crippen LogP contribution in [-0.4, -0.2) is 45.2 Å². The van der Waals surface area contributed by atoms with Crippen LogP contribution in [0.25, 0.3) is 0 Å². The maximum absolute atomic E-state index is 11.8. The van der Waals surface area contributed by atoms with Crippen molar-refractivity contribution in [2.24, 2.45) is 0 Å². The molecule has 112 valence electrons. The van der Waals surface area contributed by atoms with Gasteiger partial charge in [-0.3, -0.25) is 9.36 Å². The van der Waals surface area contributed by atoms with Crippen molar-refractivity contribution < 1.29 is 9.53 Å². The van der Waals surface area contributed by atoms with Gasteiger partial charge < -0.3 is 10.1 Å². The van der Waals surface area contributed by atoms with Gasteiger partial charge in [0.05, 0.1) is 17.9 Å². The molecule has 1 fully saturated rings. The van der Waals surface area contributed by atoms with E-state index in [1.54, 1.807) is 11.5 Å². The van der Waals surface area contributed by atoms with Crippen molar-refractivity contribution >= 4 is 17.7 Å². The van der Waals surface area contributed by atoms with Crippen LogP contribution in [0, 0.1) is 0 Å². The Balaban J connectivity index is 2.04. The summed E-state index contributed by atoms with van der Waals surface area (Å²) in [4.78, 5) is 23.5. The topological polar surface area (TPSA) is 89.0 Å². The van der Waals surface area contributed by atoms with E-state index >= 15 is 0 Å². The molecule has 1 aromatic rings. The zero-order valence-electron chi connectivity index (χ0n) is 11.7. The highest BCUT2D eigenvalue weighted by Crippen LogP contribution is 2.21. The fourth-order valence-electron chi connectivity index (χ4n) is 2.08. The average Bonchev–Trinajstić information content (AvgIpc) is 3.04. The van der Waals surface area contributed by atoms with Crippen LogP contribution in [0.3, 0.4) is 0 Å². The molecule has 0 spiro atoms. The summed E-state index contributed by atoms with van der Waals surface area (Å²) in [5, 5.41) is 9.42. The molecule has 0 bridgehead atoms. The number of H-pyrrole nitrogens is 1. The van der Waals surface area contributed by atoms with Crippen molar-refractivity contribution in [3.8, 4) is 0 Å². The Bertz CT molecular complexity index is 507. The van der Waals surface area contributed by atoms with Crippen LogP contribution in [-0.2, 0) is 16.1 Å². The van der Waals surface area contributed by atoms with Gasteiger partial charge in [0, 0.05) is 13.2 Å². The molecule has 2 heterocycles. The third-order valence-electron chi connectivity index (χ3n) is 3.14. The first-order valence-corrected chi connectivity index (χ1v) is 7.71. The summed E-state index contributed by atoms with van der Waals surface area (Å²) >= 11 is 1.28. The third kappa shape index (κ3) is 3.63. The van der Waals surface area contributed by atoms with Crippen molar-refractivity contribution in [1.29, 1.82) is 0 Å². The SMILES string of the molecule is CCNC(=O)[C@H](C)Sc1n[nH]c(=O)n1C[C@@H]1CCCO1. The van der Waals surface area contributed by atoms with Gasteiger partial charge >= 0.3 is 5.69 Å². The molecule has 1 aliphatic heterocycles. The van der Waals surface area contributed by atoms with Crippen LogP contribution in [0.1, 0.15) is 26.7 Å². The molecule has 1 saturated heterocycles. The Morgan fingerprint density at radius 1 is 1.70 bits per heavy atom. The number of carbonyl (C=O) groups is 1. The quantitative estimate of drug-likeness (QED) is 0.741. The Morgan fingerprint density at radius 3 is 3.15 bits per heavy atom. The van der Waals surface area contributed by atoms with Gasteiger partial charge in [0.2, 0.25) is 5.91 Å². The molecule has 0 aromatic carbocycles. The number of thioether (sulfide) groups is 1. The van der Waals surface area contributed by atoms with Gasteiger partial charge in [0.1, 0.15) is 0 Å². The van der Waals surface area contributed by atoms with Crippen molar-refractivity contribution in [2.45, 2.75) is 49.7 Å². The highest BCUT2D eigenvalue weighted by Gasteiger charge is 2.22. The van der Waals surface area contributed by atoms with Gasteiger partial charge in [-0.1, -0.05) is 11.8 Å². The molecule has 1 amide bonds. The van der Waals surface area contributed by atoms with E-state index in [1.165, 1.54) is 11.8 Å². The molecule has 1 aliphatic rings. The zero-order chi connectivity index (χ0) is 14.5. The Morgan fingerprint density at radius 2 is 2.50 bits per heavy atom. The predicted octanol–water partition coefficient (Wildman–Crippen LogP) is 0.367. The average molecular weight is 300 g/mol. The molecule has 2 atom stereocenters. The lowest BCUT2D eigenvalue weighted by atomic mass is 10.2. The molecule has 20 heavy (non-hydrogen) atoms. The van der Waals surface area contributed by atoms with Crippen LogP contribution in [0.4, 0.5) is 0 Å². The minimum absolute atomic E-state index is 0.0587. The van der Waals surface area contributed by atoms with Gasteiger partial charge in [-0.2, -0.15) is 0 Å². The number of hydrogen-bond donors (Lipinski definition) is 2. The van der Waals surface area contributed by atoms with Crippen LogP contribution in [0.2, 0.25) is 0 Å². The van der Waals surface area contributed by atoms with Crippen molar-refractivity contribution in [3.05, 3.63) is 10.5 Å². The monoisotopic (exact) mass is 300 g/mol. The van der Waals surface area contributed by atoms with Crippen LogP contribution in [0.5, 0.6) is 0 Å². The van der Waals surface area contributed by atoms with Gasteiger partial charge in [0.25, 0.3) is 0 Å². The van der Waals surface area contributed by atoms with E-state index in [-0.39, 0.29) is 23.0 Å². The highest BCUT2D eigenvalue weighted by atomic mass is 32.2. The summed E-state index contributed by atoms with van der Waals surface area (Å²) in [6.07, 6.45) is 2.03. The summed E-state index contributed by atoms with van der Waals surface area (Å²) in [6.45, 7) is 5.49. The lowest BCUT2D eigenvalue weighted by Gasteiger charge is -2.13. The molecule has 0 aliphatic carbocycles. The molecule has 7 nitrogen and oxygen atoms in total. The highest BCUT2D eigenvalue weighted by molar-refractivity contribution is 8.00. The summed E-state index contributed by atoms with van der Waals surface area (Å²) in [6, 6.07) is 0. The van der Waals surface area contributed by atoms with E-state index < -0.39 is 0 Å².